The van der Waals surface area contributed by atoms with Gasteiger partial charge in [0.05, 0.1) is 5.56 Å². The number of amides is 3. The van der Waals surface area contributed by atoms with Gasteiger partial charge in [0.25, 0.3) is 11.8 Å². The van der Waals surface area contributed by atoms with Crippen LogP contribution in [0, 0.1) is 12.3 Å². The first-order chi connectivity index (χ1) is 9.86. The van der Waals surface area contributed by atoms with E-state index in [0.717, 1.165) is 5.56 Å². The van der Waals surface area contributed by atoms with Crippen molar-refractivity contribution < 1.29 is 14.4 Å². The molecule has 3 amide bonds. The van der Waals surface area contributed by atoms with E-state index in [9.17, 15) is 14.4 Å². The Bertz CT molecular complexity index is 710. The molecule has 2 aliphatic heterocycles. The molecule has 0 aromatic heterocycles. The summed E-state index contributed by atoms with van der Waals surface area (Å²) in [6.07, 6.45) is 0.382. The highest BCUT2D eigenvalue weighted by atomic mass is 16.2. The normalized spacial score (nSPS) is 25.1. The van der Waals surface area contributed by atoms with Gasteiger partial charge in [-0.2, -0.15) is 0 Å². The number of carbonyl (C=O) groups excluding carboxylic acids is 3. The number of fused-ring (bicyclic) bond motifs is 1. The molecule has 1 atom stereocenters. The average molecular weight is 285 g/mol. The SMILES string of the molecule is Cc1cccc2c1C(=N)N(C1(C)CCC(=O)NC1=O)C2=O. The van der Waals surface area contributed by atoms with Gasteiger partial charge in [-0.3, -0.25) is 30.0 Å². The first-order valence-electron chi connectivity index (χ1n) is 6.73. The van der Waals surface area contributed by atoms with E-state index in [0.29, 0.717) is 11.1 Å². The summed E-state index contributed by atoms with van der Waals surface area (Å²) in [4.78, 5) is 37.4. The molecule has 1 aromatic rings. The van der Waals surface area contributed by atoms with Gasteiger partial charge in [-0.05, 0) is 31.9 Å². The minimum atomic E-state index is -1.20. The molecule has 0 bridgehead atoms. The zero-order chi connectivity index (χ0) is 15.4. The van der Waals surface area contributed by atoms with Gasteiger partial charge in [0.2, 0.25) is 5.91 Å². The number of piperidine rings is 1. The second kappa shape index (κ2) is 4.25. The molecule has 1 aromatic carbocycles. The van der Waals surface area contributed by atoms with E-state index >= 15 is 0 Å². The van der Waals surface area contributed by atoms with Gasteiger partial charge in [-0.15, -0.1) is 0 Å². The Morgan fingerprint density at radius 3 is 2.62 bits per heavy atom. The van der Waals surface area contributed by atoms with Gasteiger partial charge in [0, 0.05) is 12.0 Å². The van der Waals surface area contributed by atoms with Crippen LogP contribution >= 0.6 is 0 Å². The molecule has 0 spiro atoms. The van der Waals surface area contributed by atoms with E-state index < -0.39 is 11.4 Å². The van der Waals surface area contributed by atoms with Crippen LogP contribution in [-0.4, -0.2) is 34.0 Å². The summed E-state index contributed by atoms with van der Waals surface area (Å²) in [7, 11) is 0. The van der Waals surface area contributed by atoms with Crippen LogP contribution in [0.3, 0.4) is 0 Å². The van der Waals surface area contributed by atoms with Crippen LogP contribution in [-0.2, 0) is 9.59 Å². The van der Waals surface area contributed by atoms with E-state index in [1.807, 2.05) is 13.0 Å². The summed E-state index contributed by atoms with van der Waals surface area (Å²) in [5, 5.41) is 10.6. The number of imide groups is 1. The third-order valence-corrected chi connectivity index (χ3v) is 4.24. The predicted octanol–water partition coefficient (Wildman–Crippen LogP) is 0.971. The zero-order valence-corrected chi connectivity index (χ0v) is 11.8. The first-order valence-corrected chi connectivity index (χ1v) is 6.73. The molecule has 6 nitrogen and oxygen atoms in total. The first kappa shape index (κ1) is 13.5. The quantitative estimate of drug-likeness (QED) is 0.753. The van der Waals surface area contributed by atoms with E-state index in [1.165, 1.54) is 4.90 Å². The van der Waals surface area contributed by atoms with Crippen molar-refractivity contribution >= 4 is 23.6 Å². The summed E-state index contributed by atoms with van der Waals surface area (Å²) >= 11 is 0. The number of amidine groups is 1. The lowest BCUT2D eigenvalue weighted by Crippen LogP contribution is -2.62. The fourth-order valence-corrected chi connectivity index (χ4v) is 2.97. The highest BCUT2D eigenvalue weighted by Gasteiger charge is 2.51. The lowest BCUT2D eigenvalue weighted by atomic mass is 9.89. The van der Waals surface area contributed by atoms with Crippen LogP contribution < -0.4 is 5.32 Å². The maximum absolute atomic E-state index is 12.6. The number of nitrogens with one attached hydrogen (secondary N) is 2. The Morgan fingerprint density at radius 1 is 1.29 bits per heavy atom. The maximum atomic E-state index is 12.6. The monoisotopic (exact) mass is 285 g/mol. The van der Waals surface area contributed by atoms with Crippen molar-refractivity contribution in [2.75, 3.05) is 0 Å². The molecule has 0 radical (unpaired) electrons. The molecule has 108 valence electrons. The number of hydrogen-bond donors (Lipinski definition) is 2. The number of carbonyl (C=O) groups is 3. The Hall–Kier alpha value is -2.50. The minimum absolute atomic E-state index is 0.0279. The number of hydrogen-bond acceptors (Lipinski definition) is 4. The Morgan fingerprint density at radius 2 is 2.00 bits per heavy atom. The van der Waals surface area contributed by atoms with Gasteiger partial charge in [-0.25, -0.2) is 0 Å². The molecule has 2 aliphatic rings. The maximum Gasteiger partial charge on any atom is 0.261 e. The zero-order valence-electron chi connectivity index (χ0n) is 11.8. The third kappa shape index (κ3) is 1.72. The molecule has 1 saturated heterocycles. The van der Waals surface area contributed by atoms with E-state index in [1.54, 1.807) is 19.1 Å². The van der Waals surface area contributed by atoms with Crippen molar-refractivity contribution in [1.82, 2.24) is 10.2 Å². The molecule has 6 heteroatoms. The van der Waals surface area contributed by atoms with Crippen LogP contribution in [0.4, 0.5) is 0 Å². The highest BCUT2D eigenvalue weighted by Crippen LogP contribution is 2.35. The Labute approximate surface area is 121 Å². The van der Waals surface area contributed by atoms with E-state index in [-0.39, 0.29) is 30.5 Å². The van der Waals surface area contributed by atoms with Gasteiger partial charge >= 0.3 is 0 Å². The molecule has 2 heterocycles. The molecule has 1 unspecified atom stereocenters. The summed E-state index contributed by atoms with van der Waals surface area (Å²) < 4.78 is 0. The largest absolute Gasteiger partial charge is 0.294 e. The standard InChI is InChI=1S/C15H15N3O3/c1-8-4-3-5-9-11(8)12(16)18(13(9)20)15(2)7-6-10(19)17-14(15)21/h3-5,16H,6-7H2,1-2H3,(H,17,19,21). The number of benzene rings is 1. The molecule has 0 saturated carbocycles. The molecule has 3 rings (SSSR count). The second-order valence-electron chi connectivity index (χ2n) is 5.64. The second-order valence-corrected chi connectivity index (χ2v) is 5.64. The van der Waals surface area contributed by atoms with Crippen molar-refractivity contribution in [3.8, 4) is 0 Å². The van der Waals surface area contributed by atoms with Crippen molar-refractivity contribution in [3.05, 3.63) is 34.9 Å². The smallest absolute Gasteiger partial charge is 0.261 e. The van der Waals surface area contributed by atoms with Crippen molar-refractivity contribution in [2.24, 2.45) is 0 Å². The topological polar surface area (TPSA) is 90.3 Å². The summed E-state index contributed by atoms with van der Waals surface area (Å²) in [6, 6.07) is 5.25. The van der Waals surface area contributed by atoms with Gasteiger partial charge in [0.15, 0.2) is 0 Å². The van der Waals surface area contributed by atoms with E-state index in [4.69, 9.17) is 5.41 Å². The number of rotatable bonds is 1. The summed E-state index contributed by atoms with van der Waals surface area (Å²) in [5.74, 6) is -1.20. The van der Waals surface area contributed by atoms with Crippen molar-refractivity contribution in [3.63, 3.8) is 0 Å². The molecule has 1 fully saturated rings. The van der Waals surface area contributed by atoms with Crippen LogP contribution in [0.1, 0.15) is 41.3 Å². The van der Waals surface area contributed by atoms with E-state index in [2.05, 4.69) is 5.32 Å². The highest BCUT2D eigenvalue weighted by molar-refractivity contribution is 6.25. The molecule has 21 heavy (non-hydrogen) atoms. The Kier molecular flexibility index (Phi) is 2.73. The third-order valence-electron chi connectivity index (χ3n) is 4.24. The van der Waals surface area contributed by atoms with Crippen LogP contribution in [0.5, 0.6) is 0 Å². The van der Waals surface area contributed by atoms with Gasteiger partial charge in [0.1, 0.15) is 11.4 Å². The Balaban J connectivity index is 2.08. The summed E-state index contributed by atoms with van der Waals surface area (Å²) in [6.45, 7) is 3.43. The van der Waals surface area contributed by atoms with Gasteiger partial charge in [-0.1, -0.05) is 12.1 Å². The fraction of sp³-hybridized carbons (Fsp3) is 0.333. The minimum Gasteiger partial charge on any atom is -0.294 e. The molecular weight excluding hydrogens is 270 g/mol. The number of nitrogens with zero attached hydrogens (tertiary/aromatic N) is 1. The lowest BCUT2D eigenvalue weighted by molar-refractivity contribution is -0.140. The van der Waals surface area contributed by atoms with Crippen molar-refractivity contribution in [1.29, 1.82) is 5.41 Å². The molecular formula is C15H15N3O3. The van der Waals surface area contributed by atoms with Crippen molar-refractivity contribution in [2.45, 2.75) is 32.2 Å². The molecule has 2 N–H and O–H groups in total. The van der Waals surface area contributed by atoms with Crippen LogP contribution in [0.2, 0.25) is 0 Å². The fourth-order valence-electron chi connectivity index (χ4n) is 2.97. The van der Waals surface area contributed by atoms with Crippen LogP contribution in [0.25, 0.3) is 0 Å². The van der Waals surface area contributed by atoms with Crippen LogP contribution in [0.15, 0.2) is 18.2 Å². The molecule has 0 aliphatic carbocycles. The predicted molar refractivity (Wildman–Crippen MR) is 75.0 cm³/mol. The summed E-state index contributed by atoms with van der Waals surface area (Å²) in [5.41, 5.74) is 0.622. The lowest BCUT2D eigenvalue weighted by Gasteiger charge is -2.39. The average Bonchev–Trinajstić information content (AvgIpc) is 2.68. The number of aryl methyl sites for hydroxylation is 1. The van der Waals surface area contributed by atoms with Gasteiger partial charge < -0.3 is 0 Å².